The van der Waals surface area contributed by atoms with Crippen molar-refractivity contribution in [1.82, 2.24) is 10.6 Å². The molecule has 3 atom stereocenters. The van der Waals surface area contributed by atoms with E-state index in [1.807, 2.05) is 6.92 Å². The van der Waals surface area contributed by atoms with Gasteiger partial charge >= 0.3 is 0 Å². The van der Waals surface area contributed by atoms with E-state index in [0.717, 1.165) is 19.3 Å². The molecule has 1 aromatic heterocycles. The summed E-state index contributed by atoms with van der Waals surface area (Å²) in [5.41, 5.74) is 1.33. The van der Waals surface area contributed by atoms with Gasteiger partial charge in [0.05, 0.1) is 6.04 Å². The zero-order valence-electron chi connectivity index (χ0n) is 12.4. The Bertz CT molecular complexity index is 364. The summed E-state index contributed by atoms with van der Waals surface area (Å²) in [5, 5.41) is 10.7. The molecule has 0 saturated heterocycles. The molecule has 1 heterocycles. The second kappa shape index (κ2) is 8.33. The van der Waals surface area contributed by atoms with Crippen molar-refractivity contribution in [3.63, 3.8) is 0 Å². The van der Waals surface area contributed by atoms with Crippen molar-refractivity contribution in [1.29, 1.82) is 0 Å². The minimum atomic E-state index is -0.145. The van der Waals surface area contributed by atoms with Crippen molar-refractivity contribution >= 4 is 17.2 Å². The lowest BCUT2D eigenvalue weighted by molar-refractivity contribution is -0.123. The quantitative estimate of drug-likeness (QED) is 0.769. The third kappa shape index (κ3) is 6.21. The lowest BCUT2D eigenvalue weighted by atomic mass is 10.1. The summed E-state index contributed by atoms with van der Waals surface area (Å²) < 4.78 is 0. The first kappa shape index (κ1) is 16.2. The van der Waals surface area contributed by atoms with Crippen molar-refractivity contribution in [2.75, 3.05) is 0 Å². The fourth-order valence-electron chi connectivity index (χ4n) is 2.20. The normalized spacial score (nSPS) is 15.8. The summed E-state index contributed by atoms with van der Waals surface area (Å²) >= 11 is 1.71. The number of rotatable bonds is 8. The smallest absolute Gasteiger partial charge is 0.237 e. The fourth-order valence-corrected chi connectivity index (χ4v) is 2.88. The van der Waals surface area contributed by atoms with E-state index in [0.29, 0.717) is 6.04 Å². The van der Waals surface area contributed by atoms with Gasteiger partial charge in [0, 0.05) is 12.1 Å². The molecule has 0 aliphatic heterocycles. The highest BCUT2D eigenvalue weighted by Gasteiger charge is 2.17. The number of carbonyl (C=O) groups is 1. The third-order valence-electron chi connectivity index (χ3n) is 3.16. The van der Waals surface area contributed by atoms with E-state index < -0.39 is 0 Å². The van der Waals surface area contributed by atoms with Crippen LogP contribution in [0, 0.1) is 0 Å². The van der Waals surface area contributed by atoms with Gasteiger partial charge in [-0.25, -0.2) is 0 Å². The van der Waals surface area contributed by atoms with Crippen LogP contribution in [0.25, 0.3) is 0 Å². The maximum atomic E-state index is 12.0. The van der Waals surface area contributed by atoms with Crippen molar-refractivity contribution < 1.29 is 4.79 Å². The minimum absolute atomic E-state index is 0.0955. The molecule has 3 unspecified atom stereocenters. The number of amides is 1. The predicted molar refractivity (Wildman–Crippen MR) is 82.6 cm³/mol. The average molecular weight is 282 g/mol. The van der Waals surface area contributed by atoms with Crippen LogP contribution in [0.1, 0.15) is 46.1 Å². The van der Waals surface area contributed by atoms with Gasteiger partial charge in [-0.05, 0) is 56.0 Å². The van der Waals surface area contributed by atoms with Crippen LogP contribution < -0.4 is 10.6 Å². The second-order valence-electron chi connectivity index (χ2n) is 5.32. The first-order valence-corrected chi connectivity index (χ1v) is 8.04. The van der Waals surface area contributed by atoms with E-state index in [9.17, 15) is 4.79 Å². The van der Waals surface area contributed by atoms with E-state index in [-0.39, 0.29) is 18.0 Å². The van der Waals surface area contributed by atoms with Crippen LogP contribution in [-0.4, -0.2) is 24.0 Å². The van der Waals surface area contributed by atoms with Crippen LogP contribution in [-0.2, 0) is 11.2 Å². The van der Waals surface area contributed by atoms with Gasteiger partial charge in [-0.1, -0.05) is 13.3 Å². The van der Waals surface area contributed by atoms with Crippen molar-refractivity contribution in [3.8, 4) is 0 Å². The lowest BCUT2D eigenvalue weighted by Gasteiger charge is -2.21. The molecule has 0 saturated carbocycles. The Kier molecular flexibility index (Phi) is 7.10. The van der Waals surface area contributed by atoms with E-state index >= 15 is 0 Å². The van der Waals surface area contributed by atoms with Crippen LogP contribution in [0.5, 0.6) is 0 Å². The number of hydrogen-bond donors (Lipinski definition) is 2. The maximum absolute atomic E-state index is 12.0. The van der Waals surface area contributed by atoms with Gasteiger partial charge in [0.25, 0.3) is 0 Å². The molecule has 0 fully saturated rings. The second-order valence-corrected chi connectivity index (χ2v) is 6.10. The molecule has 0 radical (unpaired) electrons. The highest BCUT2D eigenvalue weighted by molar-refractivity contribution is 7.07. The Balaban J connectivity index is 2.32. The monoisotopic (exact) mass is 282 g/mol. The van der Waals surface area contributed by atoms with Gasteiger partial charge in [0.15, 0.2) is 0 Å². The van der Waals surface area contributed by atoms with E-state index in [1.165, 1.54) is 5.56 Å². The number of nitrogens with one attached hydrogen (secondary N) is 2. The predicted octanol–water partition coefficient (Wildman–Crippen LogP) is 2.96. The topological polar surface area (TPSA) is 41.1 Å². The molecule has 108 valence electrons. The van der Waals surface area contributed by atoms with E-state index in [2.05, 4.69) is 48.2 Å². The molecular formula is C15H26N2OS. The van der Waals surface area contributed by atoms with Crippen LogP contribution >= 0.6 is 11.3 Å². The Labute approximate surface area is 120 Å². The Hall–Kier alpha value is -0.870. The van der Waals surface area contributed by atoms with Gasteiger partial charge in [-0.15, -0.1) is 0 Å². The molecule has 0 bridgehead atoms. The fraction of sp³-hybridized carbons (Fsp3) is 0.667. The standard InChI is InChI=1S/C15H26N2OS/c1-5-6-11(2)17-15(18)13(4)16-12(3)9-14-7-8-19-10-14/h7-8,10-13,16H,5-6,9H2,1-4H3,(H,17,18). The van der Waals surface area contributed by atoms with Crippen LogP contribution in [0.3, 0.4) is 0 Å². The maximum Gasteiger partial charge on any atom is 0.237 e. The Morgan fingerprint density at radius 1 is 1.32 bits per heavy atom. The summed E-state index contributed by atoms with van der Waals surface area (Å²) in [4.78, 5) is 12.0. The van der Waals surface area contributed by atoms with E-state index in [4.69, 9.17) is 0 Å². The zero-order valence-corrected chi connectivity index (χ0v) is 13.2. The van der Waals surface area contributed by atoms with Crippen LogP contribution in [0.4, 0.5) is 0 Å². The zero-order chi connectivity index (χ0) is 14.3. The molecule has 4 heteroatoms. The summed E-state index contributed by atoms with van der Waals surface area (Å²) in [6.45, 7) is 8.24. The lowest BCUT2D eigenvalue weighted by Crippen LogP contribution is -2.48. The van der Waals surface area contributed by atoms with Crippen molar-refractivity contribution in [2.45, 2.75) is 65.1 Å². The van der Waals surface area contributed by atoms with Crippen molar-refractivity contribution in [2.24, 2.45) is 0 Å². The molecule has 3 nitrogen and oxygen atoms in total. The van der Waals surface area contributed by atoms with Gasteiger partial charge in [0.2, 0.25) is 5.91 Å². The minimum Gasteiger partial charge on any atom is -0.352 e. The first-order valence-electron chi connectivity index (χ1n) is 7.10. The molecule has 0 spiro atoms. The van der Waals surface area contributed by atoms with Gasteiger partial charge in [-0.2, -0.15) is 11.3 Å². The van der Waals surface area contributed by atoms with Gasteiger partial charge in [0.1, 0.15) is 0 Å². The third-order valence-corrected chi connectivity index (χ3v) is 3.89. The average Bonchev–Trinajstić information content (AvgIpc) is 2.81. The van der Waals surface area contributed by atoms with Crippen molar-refractivity contribution in [3.05, 3.63) is 22.4 Å². The summed E-state index contributed by atoms with van der Waals surface area (Å²) in [5.74, 6) is 0.0955. The van der Waals surface area contributed by atoms with Crippen LogP contribution in [0.2, 0.25) is 0 Å². The summed E-state index contributed by atoms with van der Waals surface area (Å²) in [7, 11) is 0. The highest BCUT2D eigenvalue weighted by Crippen LogP contribution is 2.08. The first-order chi connectivity index (χ1) is 9.02. The Morgan fingerprint density at radius 3 is 2.63 bits per heavy atom. The SMILES string of the molecule is CCCC(C)NC(=O)C(C)NC(C)Cc1ccsc1. The molecule has 0 aliphatic rings. The Morgan fingerprint density at radius 2 is 2.05 bits per heavy atom. The molecular weight excluding hydrogens is 256 g/mol. The highest BCUT2D eigenvalue weighted by atomic mass is 32.1. The number of hydrogen-bond acceptors (Lipinski definition) is 3. The number of thiophene rings is 1. The molecule has 1 rings (SSSR count). The van der Waals surface area contributed by atoms with Gasteiger partial charge in [-0.3, -0.25) is 4.79 Å². The van der Waals surface area contributed by atoms with E-state index in [1.54, 1.807) is 11.3 Å². The molecule has 19 heavy (non-hydrogen) atoms. The molecule has 2 N–H and O–H groups in total. The largest absolute Gasteiger partial charge is 0.352 e. The van der Waals surface area contributed by atoms with Gasteiger partial charge < -0.3 is 10.6 Å². The van der Waals surface area contributed by atoms with Crippen LogP contribution in [0.15, 0.2) is 16.8 Å². The molecule has 0 aromatic carbocycles. The molecule has 0 aliphatic carbocycles. The molecule has 1 amide bonds. The summed E-state index contributed by atoms with van der Waals surface area (Å²) in [6.07, 6.45) is 3.09. The summed E-state index contributed by atoms with van der Waals surface area (Å²) in [6, 6.07) is 2.55. The number of carbonyl (C=O) groups excluding carboxylic acids is 1. The molecule has 1 aromatic rings.